The summed E-state index contributed by atoms with van der Waals surface area (Å²) in [5.74, 6) is 1.73. The third-order valence-corrected chi connectivity index (χ3v) is 6.82. The van der Waals surface area contributed by atoms with E-state index in [1.54, 1.807) is 0 Å². The molecule has 2 aliphatic heterocycles. The van der Waals surface area contributed by atoms with E-state index >= 15 is 0 Å². The van der Waals surface area contributed by atoms with Gasteiger partial charge in [0.1, 0.15) is 18.1 Å². The third kappa shape index (κ3) is 4.38. The Morgan fingerprint density at radius 3 is 2.43 bits per heavy atom. The summed E-state index contributed by atoms with van der Waals surface area (Å²) in [5, 5.41) is 7.89. The Morgan fingerprint density at radius 1 is 0.914 bits per heavy atom. The summed E-state index contributed by atoms with van der Waals surface area (Å²) in [6.07, 6.45) is 0.547. The van der Waals surface area contributed by atoms with Gasteiger partial charge in [0, 0.05) is 22.6 Å². The van der Waals surface area contributed by atoms with Crippen LogP contribution in [-0.4, -0.2) is 10.7 Å². The Balaban J connectivity index is 1.26. The minimum absolute atomic E-state index is 0.141. The van der Waals surface area contributed by atoms with Gasteiger partial charge < -0.3 is 9.47 Å². The monoisotopic (exact) mass is 480 g/mol. The molecule has 2 heterocycles. The van der Waals surface area contributed by atoms with E-state index in [-0.39, 0.29) is 12.3 Å². The smallest absolute Gasteiger partial charge is 0.213 e. The van der Waals surface area contributed by atoms with Crippen molar-refractivity contribution in [1.29, 1.82) is 0 Å². The topological polar surface area (TPSA) is 34.1 Å². The minimum atomic E-state index is -0.303. The Hall–Kier alpha value is -3.76. The number of halogens is 1. The van der Waals surface area contributed by atoms with Gasteiger partial charge in [-0.25, -0.2) is 5.01 Å². The SMILES string of the molecule is Cc1ccc(C2=NN3C(C2)c2ccccc2OC3c2ccc(OCc3ccc(Cl)cc3)cc2)cc1. The summed E-state index contributed by atoms with van der Waals surface area (Å²) in [6.45, 7) is 2.59. The maximum absolute atomic E-state index is 6.48. The lowest BCUT2D eigenvalue weighted by Gasteiger charge is -2.38. The summed E-state index contributed by atoms with van der Waals surface area (Å²) in [5.41, 5.74) is 6.78. The number of nitrogens with zero attached hydrogens (tertiary/aromatic N) is 2. The molecule has 2 unspecified atom stereocenters. The van der Waals surface area contributed by atoms with Crippen LogP contribution in [0.25, 0.3) is 0 Å². The van der Waals surface area contributed by atoms with E-state index in [1.807, 2.05) is 48.5 Å². The molecule has 4 aromatic rings. The number of hydrazone groups is 1. The molecule has 0 radical (unpaired) electrons. The number of para-hydroxylation sites is 1. The Morgan fingerprint density at radius 2 is 1.66 bits per heavy atom. The molecule has 4 nitrogen and oxygen atoms in total. The number of aryl methyl sites for hydroxylation is 1. The van der Waals surface area contributed by atoms with Crippen LogP contribution in [0.1, 0.15) is 46.5 Å². The lowest BCUT2D eigenvalue weighted by Crippen LogP contribution is -2.33. The summed E-state index contributed by atoms with van der Waals surface area (Å²) < 4.78 is 12.5. The van der Waals surface area contributed by atoms with Crippen LogP contribution >= 0.6 is 11.6 Å². The maximum Gasteiger partial charge on any atom is 0.213 e. The fraction of sp³-hybridized carbons (Fsp3) is 0.167. The number of hydrogen-bond acceptors (Lipinski definition) is 4. The van der Waals surface area contributed by atoms with Crippen LogP contribution in [0.4, 0.5) is 0 Å². The fourth-order valence-corrected chi connectivity index (χ4v) is 4.78. The molecule has 0 aliphatic carbocycles. The van der Waals surface area contributed by atoms with E-state index in [4.69, 9.17) is 26.2 Å². The van der Waals surface area contributed by atoms with Crippen molar-refractivity contribution < 1.29 is 9.47 Å². The molecule has 0 amide bonds. The van der Waals surface area contributed by atoms with Crippen LogP contribution in [0.3, 0.4) is 0 Å². The first-order valence-electron chi connectivity index (χ1n) is 11.8. The van der Waals surface area contributed by atoms with Gasteiger partial charge in [-0.3, -0.25) is 0 Å². The molecule has 2 aliphatic rings. The Labute approximate surface area is 210 Å². The molecule has 6 rings (SSSR count). The van der Waals surface area contributed by atoms with E-state index in [0.29, 0.717) is 6.61 Å². The van der Waals surface area contributed by atoms with Crippen LogP contribution in [0.5, 0.6) is 11.5 Å². The molecule has 0 bridgehead atoms. The standard InChI is InChI=1S/C30H25ClN2O2/c1-20-6-10-22(11-7-20)27-18-28-26-4-2-3-5-29(26)35-30(33(28)32-27)23-12-16-25(17-13-23)34-19-21-8-14-24(31)15-9-21/h2-17,28,30H,18-19H2,1H3. The van der Waals surface area contributed by atoms with Gasteiger partial charge in [0.15, 0.2) is 0 Å². The van der Waals surface area contributed by atoms with Crippen LogP contribution in [0.2, 0.25) is 5.02 Å². The number of rotatable bonds is 5. The van der Waals surface area contributed by atoms with Crippen LogP contribution in [0, 0.1) is 6.92 Å². The molecule has 2 atom stereocenters. The first-order valence-corrected chi connectivity index (χ1v) is 12.2. The first kappa shape index (κ1) is 21.8. The molecule has 0 saturated carbocycles. The summed E-state index contributed by atoms with van der Waals surface area (Å²) in [7, 11) is 0. The molecule has 5 heteroatoms. The van der Waals surface area contributed by atoms with Crippen LogP contribution in [0.15, 0.2) is 102 Å². The average molecular weight is 481 g/mol. The second kappa shape index (κ2) is 9.12. The number of benzene rings is 4. The molecule has 0 aromatic heterocycles. The van der Waals surface area contributed by atoms with Crippen LogP contribution < -0.4 is 9.47 Å². The molecule has 0 saturated heterocycles. The molecule has 35 heavy (non-hydrogen) atoms. The lowest BCUT2D eigenvalue weighted by molar-refractivity contribution is -0.0190. The van der Waals surface area contributed by atoms with Gasteiger partial charge in [-0.05, 0) is 60.5 Å². The average Bonchev–Trinajstić information content (AvgIpc) is 3.34. The van der Waals surface area contributed by atoms with E-state index in [9.17, 15) is 0 Å². The Bertz CT molecular complexity index is 1370. The third-order valence-electron chi connectivity index (χ3n) is 6.57. The zero-order chi connectivity index (χ0) is 23.8. The maximum atomic E-state index is 6.48. The molecule has 0 spiro atoms. The van der Waals surface area contributed by atoms with Crippen molar-refractivity contribution in [3.8, 4) is 11.5 Å². The van der Waals surface area contributed by atoms with E-state index in [0.717, 1.165) is 45.3 Å². The summed E-state index contributed by atoms with van der Waals surface area (Å²) in [6, 6.07) is 32.8. The number of hydrogen-bond donors (Lipinski definition) is 0. The van der Waals surface area contributed by atoms with Crippen molar-refractivity contribution >= 4 is 17.3 Å². The molecule has 0 N–H and O–H groups in total. The lowest BCUT2D eigenvalue weighted by atomic mass is 9.95. The van der Waals surface area contributed by atoms with Gasteiger partial charge in [-0.1, -0.05) is 71.8 Å². The minimum Gasteiger partial charge on any atom is -0.489 e. The fourth-order valence-electron chi connectivity index (χ4n) is 4.65. The second-order valence-electron chi connectivity index (χ2n) is 9.00. The highest BCUT2D eigenvalue weighted by Crippen LogP contribution is 2.47. The number of fused-ring (bicyclic) bond motifs is 3. The van der Waals surface area contributed by atoms with Crippen molar-refractivity contribution in [2.45, 2.75) is 32.2 Å². The first-order chi connectivity index (χ1) is 17.1. The van der Waals surface area contributed by atoms with Gasteiger partial charge in [0.2, 0.25) is 6.23 Å². The second-order valence-corrected chi connectivity index (χ2v) is 9.44. The molecule has 4 aromatic carbocycles. The highest BCUT2D eigenvalue weighted by atomic mass is 35.5. The van der Waals surface area contributed by atoms with Crippen molar-refractivity contribution in [3.05, 3.63) is 130 Å². The van der Waals surface area contributed by atoms with Gasteiger partial charge in [-0.15, -0.1) is 0 Å². The van der Waals surface area contributed by atoms with Crippen molar-refractivity contribution in [3.63, 3.8) is 0 Å². The van der Waals surface area contributed by atoms with Gasteiger partial charge in [0.05, 0.1) is 11.8 Å². The normalized spacial score (nSPS) is 18.3. The molecular weight excluding hydrogens is 456 g/mol. The zero-order valence-electron chi connectivity index (χ0n) is 19.4. The largest absolute Gasteiger partial charge is 0.489 e. The van der Waals surface area contributed by atoms with Crippen molar-refractivity contribution in [2.75, 3.05) is 0 Å². The van der Waals surface area contributed by atoms with Gasteiger partial charge in [-0.2, -0.15) is 5.10 Å². The quantitative estimate of drug-likeness (QED) is 0.297. The Kier molecular flexibility index (Phi) is 5.67. The van der Waals surface area contributed by atoms with Crippen molar-refractivity contribution in [2.24, 2.45) is 5.10 Å². The van der Waals surface area contributed by atoms with Gasteiger partial charge >= 0.3 is 0 Å². The predicted octanol–water partition coefficient (Wildman–Crippen LogP) is 7.47. The number of ether oxygens (including phenoxy) is 2. The highest BCUT2D eigenvalue weighted by Gasteiger charge is 2.40. The van der Waals surface area contributed by atoms with Crippen LogP contribution in [-0.2, 0) is 6.61 Å². The summed E-state index contributed by atoms with van der Waals surface area (Å²) >= 11 is 5.97. The van der Waals surface area contributed by atoms with E-state index < -0.39 is 0 Å². The predicted molar refractivity (Wildman–Crippen MR) is 139 cm³/mol. The van der Waals surface area contributed by atoms with E-state index in [2.05, 4.69) is 60.5 Å². The van der Waals surface area contributed by atoms with E-state index in [1.165, 1.54) is 11.1 Å². The summed E-state index contributed by atoms with van der Waals surface area (Å²) in [4.78, 5) is 0. The molecule has 174 valence electrons. The molecule has 0 fully saturated rings. The van der Waals surface area contributed by atoms with Gasteiger partial charge in [0.25, 0.3) is 0 Å². The van der Waals surface area contributed by atoms with Crippen molar-refractivity contribution in [1.82, 2.24) is 5.01 Å². The highest BCUT2D eigenvalue weighted by molar-refractivity contribution is 6.30. The molecular formula is C30H25ClN2O2. The zero-order valence-corrected chi connectivity index (χ0v) is 20.2.